The molecular formula is C19H21F3N4O3. The molecule has 2 atom stereocenters. The summed E-state index contributed by atoms with van der Waals surface area (Å²) in [5.74, 6) is -1.38. The quantitative estimate of drug-likeness (QED) is 0.698. The minimum absolute atomic E-state index is 0.196. The summed E-state index contributed by atoms with van der Waals surface area (Å²) in [5.41, 5.74) is 5.53. The van der Waals surface area contributed by atoms with Crippen molar-refractivity contribution >= 4 is 11.8 Å². The number of aromatic amines is 1. The number of hydrogen-bond donors (Lipinski definition) is 3. The number of carbonyl (C=O) groups is 2. The molecule has 0 radical (unpaired) electrons. The van der Waals surface area contributed by atoms with Crippen LogP contribution in [0.4, 0.5) is 13.2 Å². The Morgan fingerprint density at radius 3 is 2.83 bits per heavy atom. The van der Waals surface area contributed by atoms with Crippen molar-refractivity contribution < 1.29 is 27.9 Å². The lowest BCUT2D eigenvalue weighted by Gasteiger charge is -2.33. The van der Waals surface area contributed by atoms with E-state index in [1.165, 1.54) is 23.2 Å². The molecule has 1 fully saturated rings. The molecule has 1 saturated heterocycles. The van der Waals surface area contributed by atoms with Crippen LogP contribution in [-0.4, -0.2) is 51.2 Å². The van der Waals surface area contributed by atoms with Gasteiger partial charge in [0.15, 0.2) is 0 Å². The first-order valence-corrected chi connectivity index (χ1v) is 9.13. The van der Waals surface area contributed by atoms with E-state index in [0.717, 1.165) is 12.1 Å². The molecule has 1 aliphatic heterocycles. The Balaban J connectivity index is 1.68. The SMILES string of the molecule is NC(=O)c1cn[nH]c1C1CCCN(C(=O)C(O)Cc2cccc(C(F)(F)F)c2)C1. The van der Waals surface area contributed by atoms with Crippen molar-refractivity contribution in [2.45, 2.75) is 37.5 Å². The van der Waals surface area contributed by atoms with Crippen molar-refractivity contribution in [3.8, 4) is 0 Å². The zero-order chi connectivity index (χ0) is 21.2. The van der Waals surface area contributed by atoms with Crippen molar-refractivity contribution in [2.24, 2.45) is 5.73 Å². The summed E-state index contributed by atoms with van der Waals surface area (Å²) in [6.45, 7) is 0.663. The number of hydrogen-bond acceptors (Lipinski definition) is 4. The lowest BCUT2D eigenvalue weighted by atomic mass is 9.92. The van der Waals surface area contributed by atoms with Gasteiger partial charge in [-0.15, -0.1) is 0 Å². The topological polar surface area (TPSA) is 112 Å². The molecule has 156 valence electrons. The van der Waals surface area contributed by atoms with Gasteiger partial charge in [0.25, 0.3) is 11.8 Å². The highest BCUT2D eigenvalue weighted by Gasteiger charge is 2.33. The summed E-state index contributed by atoms with van der Waals surface area (Å²) < 4.78 is 38.5. The van der Waals surface area contributed by atoms with E-state index in [1.54, 1.807) is 0 Å². The second kappa shape index (κ2) is 8.24. The summed E-state index contributed by atoms with van der Waals surface area (Å²) >= 11 is 0. The van der Waals surface area contributed by atoms with Crippen LogP contribution in [0.1, 0.15) is 45.9 Å². The summed E-state index contributed by atoms with van der Waals surface area (Å²) in [6.07, 6.45) is -3.50. The molecule has 2 aromatic rings. The molecule has 0 bridgehead atoms. The monoisotopic (exact) mass is 410 g/mol. The van der Waals surface area contributed by atoms with Crippen molar-refractivity contribution in [3.63, 3.8) is 0 Å². The van der Waals surface area contributed by atoms with Crippen LogP contribution in [0.25, 0.3) is 0 Å². The van der Waals surface area contributed by atoms with Gasteiger partial charge in [-0.05, 0) is 24.5 Å². The van der Waals surface area contributed by atoms with Crippen molar-refractivity contribution in [1.29, 1.82) is 0 Å². The second-order valence-corrected chi connectivity index (χ2v) is 7.10. The van der Waals surface area contributed by atoms with Crippen molar-refractivity contribution in [3.05, 3.63) is 52.8 Å². The number of aromatic nitrogens is 2. The van der Waals surface area contributed by atoms with E-state index in [2.05, 4.69) is 10.2 Å². The number of H-pyrrole nitrogens is 1. The standard InChI is InChI=1S/C19H21F3N4O3/c20-19(21,22)13-5-1-3-11(7-13)8-15(27)18(29)26-6-2-4-12(10-26)16-14(17(23)28)9-24-25-16/h1,3,5,7,9,12,15,27H,2,4,6,8,10H2,(H2,23,28)(H,24,25). The normalized spacial score (nSPS) is 18.5. The van der Waals surface area contributed by atoms with Gasteiger partial charge in [-0.25, -0.2) is 0 Å². The summed E-state index contributed by atoms with van der Waals surface area (Å²) in [5, 5.41) is 16.9. The highest BCUT2D eigenvalue weighted by atomic mass is 19.4. The first kappa shape index (κ1) is 20.8. The maximum Gasteiger partial charge on any atom is 0.416 e. The fraction of sp³-hybridized carbons (Fsp3) is 0.421. The number of likely N-dealkylation sites (tertiary alicyclic amines) is 1. The van der Waals surface area contributed by atoms with Gasteiger partial charge in [0, 0.05) is 25.4 Å². The van der Waals surface area contributed by atoms with Crippen LogP contribution in [0.5, 0.6) is 0 Å². The Kier molecular flexibility index (Phi) is 5.92. The fourth-order valence-electron chi connectivity index (χ4n) is 3.61. The summed E-state index contributed by atoms with van der Waals surface area (Å²) in [4.78, 5) is 25.6. The van der Waals surface area contributed by atoms with Gasteiger partial charge in [-0.3, -0.25) is 14.7 Å². The van der Waals surface area contributed by atoms with Crippen molar-refractivity contribution in [2.75, 3.05) is 13.1 Å². The van der Waals surface area contributed by atoms with Gasteiger partial charge in [-0.1, -0.05) is 18.2 Å². The number of nitrogens with two attached hydrogens (primary N) is 1. The van der Waals surface area contributed by atoms with Crippen LogP contribution < -0.4 is 5.73 Å². The maximum atomic E-state index is 12.8. The molecule has 3 rings (SSSR count). The number of aliphatic hydroxyl groups is 1. The first-order chi connectivity index (χ1) is 13.7. The van der Waals surface area contributed by atoms with Gasteiger partial charge in [0.05, 0.1) is 23.0 Å². The number of aliphatic hydroxyl groups excluding tert-OH is 1. The third-order valence-electron chi connectivity index (χ3n) is 5.04. The molecule has 4 N–H and O–H groups in total. The number of nitrogens with one attached hydrogen (secondary N) is 1. The van der Waals surface area contributed by atoms with E-state index in [4.69, 9.17) is 5.73 Å². The smallest absolute Gasteiger partial charge is 0.383 e. The molecule has 29 heavy (non-hydrogen) atoms. The second-order valence-electron chi connectivity index (χ2n) is 7.10. The number of benzene rings is 1. The number of amides is 2. The van der Waals surface area contributed by atoms with E-state index in [-0.39, 0.29) is 30.0 Å². The summed E-state index contributed by atoms with van der Waals surface area (Å²) in [6, 6.07) is 4.55. The molecule has 7 nitrogen and oxygen atoms in total. The lowest BCUT2D eigenvalue weighted by molar-refractivity contribution is -0.141. The van der Waals surface area contributed by atoms with Crippen LogP contribution >= 0.6 is 0 Å². The molecule has 2 heterocycles. The molecule has 0 aliphatic carbocycles. The average molecular weight is 410 g/mol. The van der Waals surface area contributed by atoms with Crippen LogP contribution in [0, 0.1) is 0 Å². The Labute approximate surface area is 164 Å². The van der Waals surface area contributed by atoms with E-state index in [0.29, 0.717) is 25.1 Å². The lowest BCUT2D eigenvalue weighted by Crippen LogP contribution is -2.45. The Morgan fingerprint density at radius 2 is 2.14 bits per heavy atom. The maximum absolute atomic E-state index is 12.8. The zero-order valence-electron chi connectivity index (χ0n) is 15.4. The van der Waals surface area contributed by atoms with Gasteiger partial charge in [0.1, 0.15) is 6.10 Å². The van der Waals surface area contributed by atoms with Crippen molar-refractivity contribution in [1.82, 2.24) is 15.1 Å². The number of primary amides is 1. The summed E-state index contributed by atoms with van der Waals surface area (Å²) in [7, 11) is 0. The third kappa shape index (κ3) is 4.76. The van der Waals surface area contributed by atoms with E-state index in [1.807, 2.05) is 0 Å². The molecule has 2 amide bonds. The number of nitrogens with zero attached hydrogens (tertiary/aromatic N) is 2. The third-order valence-corrected chi connectivity index (χ3v) is 5.04. The predicted octanol–water partition coefficient (Wildman–Crippen LogP) is 1.84. The van der Waals surface area contributed by atoms with Crippen LogP contribution in [0.2, 0.25) is 0 Å². The molecule has 1 aromatic heterocycles. The highest BCUT2D eigenvalue weighted by Crippen LogP contribution is 2.30. The molecular weight excluding hydrogens is 389 g/mol. The van der Waals surface area contributed by atoms with Crippen LogP contribution in [0.15, 0.2) is 30.5 Å². The molecule has 1 aliphatic rings. The minimum atomic E-state index is -4.49. The Bertz CT molecular complexity index is 897. The largest absolute Gasteiger partial charge is 0.416 e. The predicted molar refractivity (Wildman–Crippen MR) is 96.8 cm³/mol. The number of alkyl halides is 3. The first-order valence-electron chi connectivity index (χ1n) is 9.13. The molecule has 10 heteroatoms. The van der Waals surface area contributed by atoms with Crippen LogP contribution in [-0.2, 0) is 17.4 Å². The van der Waals surface area contributed by atoms with E-state index < -0.39 is 29.7 Å². The Hall–Kier alpha value is -2.88. The number of piperidine rings is 1. The highest BCUT2D eigenvalue weighted by molar-refractivity contribution is 5.93. The molecule has 2 unspecified atom stereocenters. The average Bonchev–Trinajstić information content (AvgIpc) is 3.17. The molecule has 0 saturated carbocycles. The number of carbonyl (C=O) groups excluding carboxylic acids is 2. The molecule has 1 aromatic carbocycles. The van der Waals surface area contributed by atoms with Gasteiger partial charge in [0.2, 0.25) is 0 Å². The number of halogens is 3. The van der Waals surface area contributed by atoms with Gasteiger partial charge >= 0.3 is 6.18 Å². The van der Waals surface area contributed by atoms with E-state index in [9.17, 15) is 27.9 Å². The molecule has 0 spiro atoms. The minimum Gasteiger partial charge on any atom is -0.383 e. The zero-order valence-corrected chi connectivity index (χ0v) is 15.4. The Morgan fingerprint density at radius 1 is 1.38 bits per heavy atom. The van der Waals surface area contributed by atoms with Crippen LogP contribution in [0.3, 0.4) is 0 Å². The van der Waals surface area contributed by atoms with Gasteiger partial charge < -0.3 is 15.7 Å². The fourth-order valence-corrected chi connectivity index (χ4v) is 3.61. The van der Waals surface area contributed by atoms with Gasteiger partial charge in [-0.2, -0.15) is 18.3 Å². The van der Waals surface area contributed by atoms with E-state index >= 15 is 0 Å². The number of rotatable bonds is 5.